The van der Waals surface area contributed by atoms with Crippen molar-refractivity contribution in [3.05, 3.63) is 74.3 Å². The largest absolute Gasteiger partial charge is 0.378 e. The van der Waals surface area contributed by atoms with Crippen molar-refractivity contribution in [2.75, 3.05) is 32.1 Å². The smallest absolute Gasteiger partial charge is 0.316 e. The standard InChI is InChI=1S/C25H30N4O4/c1-4-29-22-12-9-18(14-21(22)26-23(30)25(29)32)24(31)28(16-20-6-5-13-33-20)15-17-7-10-19(11-8-17)27(2)3/h7-12,14,20H,4-6,13,15-16H2,1-3H3,(H,26,30)/t20-/m1/s1. The molecule has 1 aliphatic heterocycles. The molecule has 1 amide bonds. The number of anilines is 1. The van der Waals surface area contributed by atoms with E-state index >= 15 is 0 Å². The Labute approximate surface area is 192 Å². The summed E-state index contributed by atoms with van der Waals surface area (Å²) in [4.78, 5) is 44.2. The minimum absolute atomic E-state index is 0.0144. The Balaban J connectivity index is 1.66. The third kappa shape index (κ3) is 4.85. The number of carbonyl (C=O) groups excluding carboxylic acids is 1. The summed E-state index contributed by atoms with van der Waals surface area (Å²) < 4.78 is 7.22. The Hall–Kier alpha value is -3.39. The second kappa shape index (κ2) is 9.62. The fourth-order valence-electron chi connectivity index (χ4n) is 4.28. The molecule has 8 heteroatoms. The average Bonchev–Trinajstić information content (AvgIpc) is 3.32. The fourth-order valence-corrected chi connectivity index (χ4v) is 4.28. The molecule has 1 N–H and O–H groups in total. The molecule has 3 aromatic rings. The molecule has 1 atom stereocenters. The van der Waals surface area contributed by atoms with Gasteiger partial charge in [-0.2, -0.15) is 0 Å². The van der Waals surface area contributed by atoms with E-state index in [1.54, 1.807) is 23.1 Å². The molecular weight excluding hydrogens is 420 g/mol. The van der Waals surface area contributed by atoms with Crippen LogP contribution in [0.15, 0.2) is 52.1 Å². The molecule has 2 aromatic carbocycles. The van der Waals surface area contributed by atoms with Gasteiger partial charge in [0.05, 0.1) is 17.1 Å². The summed E-state index contributed by atoms with van der Waals surface area (Å²) in [5.74, 6) is -0.140. The number of hydrogen-bond acceptors (Lipinski definition) is 5. The van der Waals surface area contributed by atoms with Gasteiger partial charge >= 0.3 is 11.1 Å². The molecule has 4 rings (SSSR count). The summed E-state index contributed by atoms with van der Waals surface area (Å²) in [6.07, 6.45) is 1.94. The van der Waals surface area contributed by atoms with Crippen LogP contribution < -0.4 is 16.0 Å². The van der Waals surface area contributed by atoms with Gasteiger partial charge in [-0.15, -0.1) is 0 Å². The zero-order valence-electron chi connectivity index (χ0n) is 19.3. The van der Waals surface area contributed by atoms with Crippen LogP contribution in [0.2, 0.25) is 0 Å². The number of aromatic amines is 1. The van der Waals surface area contributed by atoms with E-state index in [0.717, 1.165) is 30.7 Å². The highest BCUT2D eigenvalue weighted by Gasteiger charge is 2.24. The first kappa shape index (κ1) is 22.8. The molecular formula is C25H30N4O4. The molecule has 8 nitrogen and oxygen atoms in total. The molecule has 1 aliphatic rings. The van der Waals surface area contributed by atoms with Crippen LogP contribution in [-0.4, -0.2) is 53.7 Å². The predicted octanol–water partition coefficient (Wildman–Crippen LogP) is 2.60. The van der Waals surface area contributed by atoms with Crippen LogP contribution in [0.5, 0.6) is 0 Å². The van der Waals surface area contributed by atoms with Gasteiger partial charge in [0, 0.05) is 51.6 Å². The Morgan fingerprint density at radius 2 is 1.91 bits per heavy atom. The van der Waals surface area contributed by atoms with Gasteiger partial charge in [-0.25, -0.2) is 0 Å². The van der Waals surface area contributed by atoms with Gasteiger partial charge in [0.25, 0.3) is 5.91 Å². The highest BCUT2D eigenvalue weighted by molar-refractivity contribution is 5.97. The minimum Gasteiger partial charge on any atom is -0.378 e. The zero-order valence-corrected chi connectivity index (χ0v) is 19.3. The number of fused-ring (bicyclic) bond motifs is 1. The van der Waals surface area contributed by atoms with Gasteiger partial charge in [0.15, 0.2) is 0 Å². The average molecular weight is 451 g/mol. The van der Waals surface area contributed by atoms with Gasteiger partial charge < -0.3 is 24.1 Å². The van der Waals surface area contributed by atoms with Crippen molar-refractivity contribution in [2.24, 2.45) is 0 Å². The van der Waals surface area contributed by atoms with Gasteiger partial charge in [-0.05, 0) is 55.7 Å². The number of amides is 1. The second-order valence-corrected chi connectivity index (χ2v) is 8.62. The van der Waals surface area contributed by atoms with E-state index in [2.05, 4.69) is 4.98 Å². The molecule has 2 heterocycles. The van der Waals surface area contributed by atoms with E-state index in [-0.39, 0.29) is 12.0 Å². The summed E-state index contributed by atoms with van der Waals surface area (Å²) in [5, 5.41) is 0. The summed E-state index contributed by atoms with van der Waals surface area (Å²) in [6, 6.07) is 13.2. The summed E-state index contributed by atoms with van der Waals surface area (Å²) in [6.45, 7) is 3.85. The first-order valence-electron chi connectivity index (χ1n) is 11.3. The zero-order chi connectivity index (χ0) is 23.5. The lowest BCUT2D eigenvalue weighted by atomic mass is 10.1. The molecule has 174 valence electrons. The number of aromatic nitrogens is 2. The Bertz CT molecular complexity index is 1250. The topological polar surface area (TPSA) is 87.6 Å². The number of hydrogen-bond donors (Lipinski definition) is 1. The Kier molecular flexibility index (Phi) is 6.65. The third-order valence-electron chi connectivity index (χ3n) is 6.10. The lowest BCUT2D eigenvalue weighted by molar-refractivity contribution is 0.0507. The normalized spacial score (nSPS) is 15.7. The van der Waals surface area contributed by atoms with E-state index in [0.29, 0.717) is 36.2 Å². The van der Waals surface area contributed by atoms with Gasteiger partial charge in [-0.1, -0.05) is 12.1 Å². The summed E-state index contributed by atoms with van der Waals surface area (Å²) in [7, 11) is 3.98. The number of nitrogens with one attached hydrogen (secondary N) is 1. The lowest BCUT2D eigenvalue weighted by Crippen LogP contribution is -2.37. The van der Waals surface area contributed by atoms with Crippen molar-refractivity contribution < 1.29 is 9.53 Å². The lowest BCUT2D eigenvalue weighted by Gasteiger charge is -2.26. The molecule has 0 saturated carbocycles. The van der Waals surface area contributed by atoms with Crippen molar-refractivity contribution >= 4 is 22.6 Å². The van der Waals surface area contributed by atoms with Gasteiger partial charge in [0.1, 0.15) is 0 Å². The van der Waals surface area contributed by atoms with Crippen molar-refractivity contribution in [1.82, 2.24) is 14.5 Å². The highest BCUT2D eigenvalue weighted by Crippen LogP contribution is 2.20. The van der Waals surface area contributed by atoms with Crippen LogP contribution in [-0.2, 0) is 17.8 Å². The second-order valence-electron chi connectivity index (χ2n) is 8.62. The number of rotatable bonds is 7. The maximum atomic E-state index is 13.6. The van der Waals surface area contributed by atoms with Crippen molar-refractivity contribution in [3.63, 3.8) is 0 Å². The summed E-state index contributed by atoms with van der Waals surface area (Å²) >= 11 is 0. The quantitative estimate of drug-likeness (QED) is 0.559. The van der Waals surface area contributed by atoms with Crippen molar-refractivity contribution in [3.8, 4) is 0 Å². The number of benzene rings is 2. The Morgan fingerprint density at radius 1 is 1.15 bits per heavy atom. The van der Waals surface area contributed by atoms with E-state index in [1.165, 1.54) is 4.57 Å². The first-order valence-corrected chi connectivity index (χ1v) is 11.3. The maximum absolute atomic E-state index is 13.6. The molecule has 0 unspecified atom stereocenters. The number of ether oxygens (including phenoxy) is 1. The van der Waals surface area contributed by atoms with E-state index < -0.39 is 11.1 Å². The minimum atomic E-state index is -0.689. The highest BCUT2D eigenvalue weighted by atomic mass is 16.5. The van der Waals surface area contributed by atoms with Crippen LogP contribution >= 0.6 is 0 Å². The van der Waals surface area contributed by atoms with Crippen LogP contribution in [0.4, 0.5) is 5.69 Å². The van der Waals surface area contributed by atoms with E-state index in [1.807, 2.05) is 50.2 Å². The number of nitrogens with zero attached hydrogens (tertiary/aromatic N) is 3. The molecule has 1 fully saturated rings. The van der Waals surface area contributed by atoms with Crippen LogP contribution in [0.1, 0.15) is 35.7 Å². The van der Waals surface area contributed by atoms with Gasteiger partial charge in [0.2, 0.25) is 0 Å². The molecule has 1 aromatic heterocycles. The van der Waals surface area contributed by atoms with Crippen LogP contribution in [0.3, 0.4) is 0 Å². The SMILES string of the molecule is CCn1c(=O)c(=O)[nH]c2cc(C(=O)N(Cc3ccc(N(C)C)cc3)C[C@H]3CCCO3)ccc21. The molecule has 0 spiro atoms. The van der Waals surface area contributed by atoms with Gasteiger partial charge in [-0.3, -0.25) is 14.4 Å². The third-order valence-corrected chi connectivity index (χ3v) is 6.10. The number of carbonyl (C=O) groups is 1. The predicted molar refractivity (Wildman–Crippen MR) is 129 cm³/mol. The van der Waals surface area contributed by atoms with E-state index in [4.69, 9.17) is 4.74 Å². The first-order chi connectivity index (χ1) is 15.9. The number of aryl methyl sites for hydroxylation is 1. The monoisotopic (exact) mass is 450 g/mol. The molecule has 0 radical (unpaired) electrons. The molecule has 33 heavy (non-hydrogen) atoms. The Morgan fingerprint density at radius 3 is 2.55 bits per heavy atom. The van der Waals surface area contributed by atoms with Crippen LogP contribution in [0.25, 0.3) is 11.0 Å². The van der Waals surface area contributed by atoms with Crippen LogP contribution in [0, 0.1) is 0 Å². The van der Waals surface area contributed by atoms with Crippen molar-refractivity contribution in [1.29, 1.82) is 0 Å². The van der Waals surface area contributed by atoms with E-state index in [9.17, 15) is 14.4 Å². The van der Waals surface area contributed by atoms with Crippen molar-refractivity contribution in [2.45, 2.75) is 39.0 Å². The molecule has 1 saturated heterocycles. The maximum Gasteiger partial charge on any atom is 0.316 e. The molecule has 0 aliphatic carbocycles. The number of H-pyrrole nitrogens is 1. The summed E-state index contributed by atoms with van der Waals surface area (Å²) in [5.41, 5.74) is 2.37. The molecule has 0 bridgehead atoms. The fraction of sp³-hybridized carbons (Fsp3) is 0.400.